The smallest absolute Gasteiger partial charge is 0.184 e. The van der Waals surface area contributed by atoms with Crippen molar-refractivity contribution in [3.63, 3.8) is 0 Å². The van der Waals surface area contributed by atoms with Crippen LogP contribution in [0.25, 0.3) is 11.4 Å². The van der Waals surface area contributed by atoms with Gasteiger partial charge in [-0.1, -0.05) is 6.92 Å². The first kappa shape index (κ1) is 10.5. The molecule has 84 valence electrons. The second-order valence-corrected chi connectivity index (χ2v) is 3.42. The maximum absolute atomic E-state index is 5.68. The summed E-state index contributed by atoms with van der Waals surface area (Å²) in [4.78, 5) is 4.35. The van der Waals surface area contributed by atoms with Gasteiger partial charge >= 0.3 is 0 Å². The van der Waals surface area contributed by atoms with Gasteiger partial charge in [-0.15, -0.1) is 0 Å². The van der Waals surface area contributed by atoms with Gasteiger partial charge in [-0.3, -0.25) is 5.10 Å². The van der Waals surface area contributed by atoms with Crippen LogP contribution in [0.5, 0.6) is 5.75 Å². The normalized spacial score (nSPS) is 10.4. The van der Waals surface area contributed by atoms with E-state index in [9.17, 15) is 0 Å². The maximum Gasteiger partial charge on any atom is 0.184 e. The third-order valence-corrected chi connectivity index (χ3v) is 2.33. The zero-order valence-corrected chi connectivity index (χ0v) is 9.32. The molecule has 2 aromatic rings. The standard InChI is InChI=1S/C11H14N4O/c1-3-10-13-11(15-14-10)8-5-4-7(12)6-9(8)16-2/h4-6H,3,12H2,1-2H3,(H,13,14,15). The molecule has 5 heteroatoms. The van der Waals surface area contributed by atoms with Gasteiger partial charge in [-0.05, 0) is 12.1 Å². The largest absolute Gasteiger partial charge is 0.496 e. The molecule has 1 heterocycles. The van der Waals surface area contributed by atoms with Crippen molar-refractivity contribution in [2.24, 2.45) is 0 Å². The van der Waals surface area contributed by atoms with Crippen LogP contribution in [0, 0.1) is 0 Å². The van der Waals surface area contributed by atoms with E-state index in [0.29, 0.717) is 17.3 Å². The predicted octanol–water partition coefficient (Wildman–Crippen LogP) is 1.62. The minimum Gasteiger partial charge on any atom is -0.496 e. The number of nitrogens with zero attached hydrogens (tertiary/aromatic N) is 2. The molecule has 0 radical (unpaired) electrons. The number of hydrogen-bond donors (Lipinski definition) is 2. The van der Waals surface area contributed by atoms with Crippen molar-refractivity contribution in [2.45, 2.75) is 13.3 Å². The van der Waals surface area contributed by atoms with Crippen LogP contribution in [0.15, 0.2) is 18.2 Å². The first-order chi connectivity index (χ1) is 7.74. The molecule has 0 aliphatic heterocycles. The van der Waals surface area contributed by atoms with Crippen LogP contribution in [0.1, 0.15) is 12.7 Å². The third kappa shape index (κ3) is 1.84. The van der Waals surface area contributed by atoms with Crippen LogP contribution < -0.4 is 10.5 Å². The highest BCUT2D eigenvalue weighted by Crippen LogP contribution is 2.29. The molecule has 16 heavy (non-hydrogen) atoms. The van der Waals surface area contributed by atoms with Gasteiger partial charge in [0, 0.05) is 18.2 Å². The molecule has 0 aliphatic rings. The lowest BCUT2D eigenvalue weighted by atomic mass is 10.1. The Morgan fingerprint density at radius 3 is 2.88 bits per heavy atom. The number of aromatic nitrogens is 3. The summed E-state index contributed by atoms with van der Waals surface area (Å²) >= 11 is 0. The molecule has 1 aromatic heterocycles. The number of aromatic amines is 1. The Hall–Kier alpha value is -2.04. The molecule has 0 bridgehead atoms. The van der Waals surface area contributed by atoms with E-state index in [-0.39, 0.29) is 0 Å². The van der Waals surface area contributed by atoms with E-state index in [1.165, 1.54) is 0 Å². The zero-order valence-electron chi connectivity index (χ0n) is 9.32. The maximum atomic E-state index is 5.68. The van der Waals surface area contributed by atoms with Gasteiger partial charge in [-0.2, -0.15) is 5.10 Å². The molecule has 5 nitrogen and oxygen atoms in total. The Kier molecular flexibility index (Phi) is 2.76. The first-order valence-corrected chi connectivity index (χ1v) is 5.09. The zero-order chi connectivity index (χ0) is 11.5. The van der Waals surface area contributed by atoms with Gasteiger partial charge in [0.1, 0.15) is 11.6 Å². The molecule has 0 spiro atoms. The number of anilines is 1. The highest BCUT2D eigenvalue weighted by atomic mass is 16.5. The van der Waals surface area contributed by atoms with Crippen LogP contribution >= 0.6 is 0 Å². The summed E-state index contributed by atoms with van der Waals surface area (Å²) in [6.07, 6.45) is 0.824. The van der Waals surface area contributed by atoms with E-state index in [1.807, 2.05) is 13.0 Å². The summed E-state index contributed by atoms with van der Waals surface area (Å²) in [7, 11) is 1.60. The van der Waals surface area contributed by atoms with Crippen LogP contribution in [0.3, 0.4) is 0 Å². The van der Waals surface area contributed by atoms with E-state index < -0.39 is 0 Å². The lowest BCUT2D eigenvalue weighted by molar-refractivity contribution is 0.416. The Morgan fingerprint density at radius 1 is 1.44 bits per heavy atom. The number of benzene rings is 1. The summed E-state index contributed by atoms with van der Waals surface area (Å²) in [6, 6.07) is 5.42. The van der Waals surface area contributed by atoms with Gasteiger partial charge in [0.05, 0.1) is 12.7 Å². The Morgan fingerprint density at radius 2 is 2.25 bits per heavy atom. The highest BCUT2D eigenvalue weighted by Gasteiger charge is 2.10. The van der Waals surface area contributed by atoms with Gasteiger partial charge in [0.2, 0.25) is 0 Å². The molecule has 0 saturated heterocycles. The summed E-state index contributed by atoms with van der Waals surface area (Å²) in [5.41, 5.74) is 7.18. The van der Waals surface area contributed by atoms with Crippen molar-refractivity contribution < 1.29 is 4.74 Å². The van der Waals surface area contributed by atoms with Gasteiger partial charge in [0.25, 0.3) is 0 Å². The molecule has 0 atom stereocenters. The van der Waals surface area contributed by atoms with E-state index in [1.54, 1.807) is 19.2 Å². The number of aryl methyl sites for hydroxylation is 1. The molecule has 0 amide bonds. The third-order valence-electron chi connectivity index (χ3n) is 2.33. The fraction of sp³-hybridized carbons (Fsp3) is 0.273. The lowest BCUT2D eigenvalue weighted by Gasteiger charge is -2.05. The van der Waals surface area contributed by atoms with Crippen LogP contribution in [-0.2, 0) is 6.42 Å². The quantitative estimate of drug-likeness (QED) is 0.767. The van der Waals surface area contributed by atoms with Gasteiger partial charge in [0.15, 0.2) is 5.82 Å². The van der Waals surface area contributed by atoms with E-state index >= 15 is 0 Å². The summed E-state index contributed by atoms with van der Waals surface area (Å²) in [5.74, 6) is 2.17. The fourth-order valence-corrected chi connectivity index (χ4v) is 1.47. The number of nitrogens with two attached hydrogens (primary N) is 1. The SMILES string of the molecule is CCc1nc(-c2ccc(N)cc2OC)n[nH]1. The lowest BCUT2D eigenvalue weighted by Crippen LogP contribution is -1.92. The molecule has 0 aliphatic carbocycles. The first-order valence-electron chi connectivity index (χ1n) is 5.09. The number of H-pyrrole nitrogens is 1. The summed E-state index contributed by atoms with van der Waals surface area (Å²) in [5, 5.41) is 7.01. The number of rotatable bonds is 3. The number of nitrogen functional groups attached to an aromatic ring is 1. The van der Waals surface area contributed by atoms with E-state index in [0.717, 1.165) is 17.8 Å². The second-order valence-electron chi connectivity index (χ2n) is 3.42. The molecular formula is C11H14N4O. The number of nitrogens with one attached hydrogen (secondary N) is 1. The molecule has 0 unspecified atom stereocenters. The van der Waals surface area contributed by atoms with Gasteiger partial charge in [-0.25, -0.2) is 4.98 Å². The Balaban J connectivity index is 2.46. The van der Waals surface area contributed by atoms with Crippen LogP contribution in [0.4, 0.5) is 5.69 Å². The van der Waals surface area contributed by atoms with E-state index in [2.05, 4.69) is 15.2 Å². The minimum absolute atomic E-state index is 0.633. The number of hydrogen-bond acceptors (Lipinski definition) is 4. The van der Waals surface area contributed by atoms with Crippen molar-refractivity contribution in [2.75, 3.05) is 12.8 Å². The number of methoxy groups -OCH3 is 1. The number of ether oxygens (including phenoxy) is 1. The highest BCUT2D eigenvalue weighted by molar-refractivity contribution is 5.67. The molecule has 2 rings (SSSR count). The van der Waals surface area contributed by atoms with Crippen molar-refractivity contribution in [1.82, 2.24) is 15.2 Å². The Labute approximate surface area is 93.7 Å². The predicted molar refractivity (Wildman–Crippen MR) is 62.2 cm³/mol. The van der Waals surface area contributed by atoms with Crippen molar-refractivity contribution in [1.29, 1.82) is 0 Å². The molecular weight excluding hydrogens is 204 g/mol. The van der Waals surface area contributed by atoms with Gasteiger partial charge < -0.3 is 10.5 Å². The topological polar surface area (TPSA) is 76.8 Å². The average molecular weight is 218 g/mol. The fourth-order valence-electron chi connectivity index (χ4n) is 1.47. The van der Waals surface area contributed by atoms with Crippen LogP contribution in [-0.4, -0.2) is 22.3 Å². The van der Waals surface area contributed by atoms with Crippen molar-refractivity contribution in [3.05, 3.63) is 24.0 Å². The monoisotopic (exact) mass is 218 g/mol. The molecule has 0 fully saturated rings. The van der Waals surface area contributed by atoms with Crippen molar-refractivity contribution >= 4 is 5.69 Å². The summed E-state index contributed by atoms with van der Waals surface area (Å²) < 4.78 is 5.25. The molecule has 1 aromatic carbocycles. The second kappa shape index (κ2) is 4.22. The molecule has 0 saturated carbocycles. The minimum atomic E-state index is 0.633. The van der Waals surface area contributed by atoms with Crippen LogP contribution in [0.2, 0.25) is 0 Å². The average Bonchev–Trinajstić information content (AvgIpc) is 2.77. The van der Waals surface area contributed by atoms with E-state index in [4.69, 9.17) is 10.5 Å². The summed E-state index contributed by atoms with van der Waals surface area (Å²) in [6.45, 7) is 2.02. The van der Waals surface area contributed by atoms with Crippen molar-refractivity contribution in [3.8, 4) is 17.1 Å². The Bertz CT molecular complexity index is 492. The molecule has 3 N–H and O–H groups in total.